The third-order valence-electron chi connectivity index (χ3n) is 3.46. The largest absolute Gasteiger partial charge is 0.393 e. The van der Waals surface area contributed by atoms with Gasteiger partial charge in [0.1, 0.15) is 11.5 Å². The predicted octanol–water partition coefficient (Wildman–Crippen LogP) is 2.55. The maximum absolute atomic E-state index is 13.6. The second-order valence-corrected chi connectivity index (χ2v) is 5.91. The SMILES string of the molecule is CC(O)C1CCN(c2cc(F)c(I)cc2[N+](=O)[O-])C1. The van der Waals surface area contributed by atoms with E-state index in [0.717, 1.165) is 6.42 Å². The second-order valence-electron chi connectivity index (χ2n) is 4.75. The van der Waals surface area contributed by atoms with Crippen molar-refractivity contribution in [3.63, 3.8) is 0 Å². The minimum Gasteiger partial charge on any atom is -0.393 e. The van der Waals surface area contributed by atoms with Gasteiger partial charge in [0.2, 0.25) is 0 Å². The average molecular weight is 380 g/mol. The summed E-state index contributed by atoms with van der Waals surface area (Å²) < 4.78 is 13.9. The molecule has 0 radical (unpaired) electrons. The van der Waals surface area contributed by atoms with Gasteiger partial charge in [0.15, 0.2) is 0 Å². The lowest BCUT2D eigenvalue weighted by Gasteiger charge is -2.19. The first-order chi connectivity index (χ1) is 8.90. The normalized spacial score (nSPS) is 20.6. The van der Waals surface area contributed by atoms with Crippen LogP contribution in [-0.4, -0.2) is 29.2 Å². The molecule has 0 amide bonds. The minimum atomic E-state index is -0.493. The molecule has 2 atom stereocenters. The Morgan fingerprint density at radius 2 is 2.32 bits per heavy atom. The fourth-order valence-corrected chi connectivity index (χ4v) is 2.78. The Balaban J connectivity index is 2.34. The molecule has 0 bridgehead atoms. The lowest BCUT2D eigenvalue weighted by atomic mass is 10.0. The Morgan fingerprint density at radius 3 is 2.84 bits per heavy atom. The summed E-state index contributed by atoms with van der Waals surface area (Å²) in [5.41, 5.74) is 0.211. The molecule has 1 aromatic rings. The minimum absolute atomic E-state index is 0.0712. The van der Waals surface area contributed by atoms with E-state index in [1.54, 1.807) is 34.4 Å². The van der Waals surface area contributed by atoms with Crippen LogP contribution in [0.25, 0.3) is 0 Å². The van der Waals surface area contributed by atoms with Gasteiger partial charge in [0.25, 0.3) is 5.69 Å². The number of nitro benzene ring substituents is 1. The monoisotopic (exact) mass is 380 g/mol. The van der Waals surface area contributed by atoms with Crippen molar-refractivity contribution in [1.82, 2.24) is 0 Å². The van der Waals surface area contributed by atoms with Crippen LogP contribution in [0.2, 0.25) is 0 Å². The zero-order valence-corrected chi connectivity index (χ0v) is 12.5. The molecule has 2 unspecified atom stereocenters. The third-order valence-corrected chi connectivity index (χ3v) is 4.29. The van der Waals surface area contributed by atoms with Crippen molar-refractivity contribution < 1.29 is 14.4 Å². The summed E-state index contributed by atoms with van der Waals surface area (Å²) in [4.78, 5) is 12.3. The van der Waals surface area contributed by atoms with E-state index in [9.17, 15) is 19.6 Å². The molecule has 104 valence electrons. The number of anilines is 1. The molecule has 2 rings (SSSR count). The quantitative estimate of drug-likeness (QED) is 0.497. The van der Waals surface area contributed by atoms with Gasteiger partial charge in [-0.05, 0) is 35.9 Å². The number of benzene rings is 1. The summed E-state index contributed by atoms with van der Waals surface area (Å²) >= 11 is 1.74. The third kappa shape index (κ3) is 2.97. The summed E-state index contributed by atoms with van der Waals surface area (Å²) in [7, 11) is 0. The van der Waals surface area contributed by atoms with E-state index in [0.29, 0.717) is 18.8 Å². The molecule has 1 aromatic carbocycles. The first-order valence-corrected chi connectivity index (χ1v) is 7.04. The molecule has 1 saturated heterocycles. The van der Waals surface area contributed by atoms with Crippen LogP contribution in [0.5, 0.6) is 0 Å². The molecular formula is C12H14FIN2O3. The van der Waals surface area contributed by atoms with Crippen molar-refractivity contribution in [2.45, 2.75) is 19.4 Å². The van der Waals surface area contributed by atoms with E-state index in [4.69, 9.17) is 0 Å². The Hall–Kier alpha value is -0.960. The highest BCUT2D eigenvalue weighted by Gasteiger charge is 2.30. The van der Waals surface area contributed by atoms with Gasteiger partial charge < -0.3 is 10.0 Å². The van der Waals surface area contributed by atoms with Gasteiger partial charge >= 0.3 is 0 Å². The number of nitrogens with zero attached hydrogens (tertiary/aromatic N) is 2. The standard InChI is InChI=1S/C12H14FIN2O3/c1-7(17)8-2-3-15(6-8)11-4-9(13)10(14)5-12(11)16(18)19/h4-5,7-8,17H,2-3,6H2,1H3. The summed E-state index contributed by atoms with van der Waals surface area (Å²) in [6.07, 6.45) is 0.292. The van der Waals surface area contributed by atoms with Gasteiger partial charge in [-0.15, -0.1) is 0 Å². The number of hydrogen-bond acceptors (Lipinski definition) is 4. The summed E-state index contributed by atoms with van der Waals surface area (Å²) in [5, 5.41) is 20.6. The van der Waals surface area contributed by atoms with Gasteiger partial charge in [-0.1, -0.05) is 0 Å². The highest BCUT2D eigenvalue weighted by molar-refractivity contribution is 14.1. The van der Waals surface area contributed by atoms with E-state index >= 15 is 0 Å². The van der Waals surface area contributed by atoms with Gasteiger partial charge in [-0.25, -0.2) is 4.39 Å². The van der Waals surface area contributed by atoms with Crippen LogP contribution >= 0.6 is 22.6 Å². The highest BCUT2D eigenvalue weighted by atomic mass is 127. The number of nitro groups is 1. The zero-order chi connectivity index (χ0) is 14.2. The molecule has 0 aliphatic carbocycles. The first kappa shape index (κ1) is 14.4. The van der Waals surface area contributed by atoms with Crippen molar-refractivity contribution in [2.24, 2.45) is 5.92 Å². The molecule has 1 heterocycles. The van der Waals surface area contributed by atoms with Gasteiger partial charge in [-0.3, -0.25) is 10.1 Å². The number of rotatable bonds is 3. The van der Waals surface area contributed by atoms with E-state index in [1.165, 1.54) is 12.1 Å². The first-order valence-electron chi connectivity index (χ1n) is 5.96. The topological polar surface area (TPSA) is 66.6 Å². The van der Waals surface area contributed by atoms with E-state index < -0.39 is 16.8 Å². The molecule has 1 N–H and O–H groups in total. The molecule has 0 aromatic heterocycles. The Bertz CT molecular complexity index is 510. The average Bonchev–Trinajstić information content (AvgIpc) is 2.81. The predicted molar refractivity (Wildman–Crippen MR) is 77.8 cm³/mol. The van der Waals surface area contributed by atoms with Gasteiger partial charge in [0, 0.05) is 31.1 Å². The molecule has 5 nitrogen and oxygen atoms in total. The van der Waals surface area contributed by atoms with E-state index in [2.05, 4.69) is 0 Å². The number of hydrogen-bond donors (Lipinski definition) is 1. The molecule has 0 saturated carbocycles. The van der Waals surface area contributed by atoms with Crippen molar-refractivity contribution in [2.75, 3.05) is 18.0 Å². The number of halogens is 2. The number of aliphatic hydroxyl groups is 1. The zero-order valence-electron chi connectivity index (χ0n) is 10.3. The van der Waals surface area contributed by atoms with Crippen molar-refractivity contribution >= 4 is 34.0 Å². The summed E-state index contributed by atoms with van der Waals surface area (Å²) in [5.74, 6) is -0.386. The Morgan fingerprint density at radius 1 is 1.63 bits per heavy atom. The molecule has 1 fully saturated rings. The van der Waals surface area contributed by atoms with E-state index in [1.807, 2.05) is 0 Å². The fourth-order valence-electron chi connectivity index (χ4n) is 2.33. The van der Waals surface area contributed by atoms with Crippen LogP contribution in [0.1, 0.15) is 13.3 Å². The van der Waals surface area contributed by atoms with Crippen LogP contribution in [-0.2, 0) is 0 Å². The van der Waals surface area contributed by atoms with Gasteiger partial charge in [-0.2, -0.15) is 0 Å². The smallest absolute Gasteiger partial charge is 0.293 e. The van der Waals surface area contributed by atoms with E-state index in [-0.39, 0.29) is 15.2 Å². The molecule has 7 heteroatoms. The van der Waals surface area contributed by atoms with Crippen LogP contribution in [0, 0.1) is 25.4 Å². The Kier molecular flexibility index (Phi) is 4.24. The lowest BCUT2D eigenvalue weighted by molar-refractivity contribution is -0.384. The van der Waals surface area contributed by atoms with Crippen LogP contribution in [0.15, 0.2) is 12.1 Å². The maximum atomic E-state index is 13.6. The molecule has 1 aliphatic heterocycles. The van der Waals surface area contributed by atoms with Crippen molar-refractivity contribution in [3.05, 3.63) is 31.6 Å². The molecule has 1 aliphatic rings. The van der Waals surface area contributed by atoms with Crippen molar-refractivity contribution in [3.8, 4) is 0 Å². The summed E-state index contributed by atoms with van der Waals surface area (Å²) in [6, 6.07) is 2.46. The van der Waals surface area contributed by atoms with Crippen LogP contribution in [0.3, 0.4) is 0 Å². The summed E-state index contributed by atoms with van der Waals surface area (Å²) in [6.45, 7) is 2.81. The fraction of sp³-hybridized carbons (Fsp3) is 0.500. The lowest BCUT2D eigenvalue weighted by Crippen LogP contribution is -2.24. The number of aliphatic hydroxyl groups excluding tert-OH is 1. The van der Waals surface area contributed by atoms with Crippen molar-refractivity contribution in [1.29, 1.82) is 0 Å². The Labute approximate surface area is 123 Å². The maximum Gasteiger partial charge on any atom is 0.293 e. The van der Waals surface area contributed by atoms with Gasteiger partial charge in [0.05, 0.1) is 14.6 Å². The second kappa shape index (κ2) is 5.58. The van der Waals surface area contributed by atoms with Crippen LogP contribution in [0.4, 0.5) is 15.8 Å². The van der Waals surface area contributed by atoms with Crippen LogP contribution < -0.4 is 4.90 Å². The molecular weight excluding hydrogens is 366 g/mol. The highest BCUT2D eigenvalue weighted by Crippen LogP contribution is 2.35. The molecule has 19 heavy (non-hydrogen) atoms. The molecule has 0 spiro atoms.